The van der Waals surface area contributed by atoms with Crippen LogP contribution >= 0.6 is 0 Å². The van der Waals surface area contributed by atoms with Gasteiger partial charge in [0.05, 0.1) is 0 Å². The van der Waals surface area contributed by atoms with E-state index in [4.69, 9.17) is 0 Å². The van der Waals surface area contributed by atoms with Crippen LogP contribution in [0.4, 0.5) is 0 Å². The average molecular weight is 192 g/mol. The fourth-order valence-electron chi connectivity index (χ4n) is 1.70. The lowest BCUT2D eigenvalue weighted by molar-refractivity contribution is 0.460. The summed E-state index contributed by atoms with van der Waals surface area (Å²) in [6.45, 7) is 4.27. The summed E-state index contributed by atoms with van der Waals surface area (Å²) in [5.41, 5.74) is 2.18. The maximum absolute atomic E-state index is 9.89. The molecule has 0 aromatic heterocycles. The summed E-state index contributed by atoms with van der Waals surface area (Å²) in [7, 11) is 0. The van der Waals surface area contributed by atoms with Gasteiger partial charge in [-0.3, -0.25) is 0 Å². The van der Waals surface area contributed by atoms with Crippen LogP contribution in [0.3, 0.4) is 0 Å². The number of aryl methyl sites for hydroxylation is 2. The fourth-order valence-corrected chi connectivity index (χ4v) is 1.70. The highest BCUT2D eigenvalue weighted by atomic mass is 16.3. The molecule has 78 valence electrons. The molecule has 0 radical (unpaired) electrons. The van der Waals surface area contributed by atoms with E-state index in [0.717, 1.165) is 24.0 Å². The molecule has 0 aliphatic carbocycles. The first-order valence-electron chi connectivity index (χ1n) is 5.59. The minimum atomic E-state index is 0.520. The Labute approximate surface area is 86.8 Å². The van der Waals surface area contributed by atoms with Gasteiger partial charge in [0.15, 0.2) is 0 Å². The van der Waals surface area contributed by atoms with Gasteiger partial charge in [0.2, 0.25) is 0 Å². The van der Waals surface area contributed by atoms with Crippen LogP contribution in [0.5, 0.6) is 5.75 Å². The van der Waals surface area contributed by atoms with Gasteiger partial charge in [0.1, 0.15) is 5.75 Å². The highest BCUT2D eigenvalue weighted by molar-refractivity contribution is 5.40. The van der Waals surface area contributed by atoms with Crippen molar-refractivity contribution in [1.82, 2.24) is 0 Å². The van der Waals surface area contributed by atoms with E-state index in [9.17, 15) is 5.11 Å². The number of unbranched alkanes of at least 4 members (excludes halogenated alkanes) is 2. The summed E-state index contributed by atoms with van der Waals surface area (Å²) in [4.78, 5) is 0. The van der Waals surface area contributed by atoms with Gasteiger partial charge in [0.25, 0.3) is 0 Å². The number of para-hydroxylation sites is 1. The van der Waals surface area contributed by atoms with Crippen LogP contribution in [0.25, 0.3) is 0 Å². The largest absolute Gasteiger partial charge is 0.507 e. The number of phenolic OH excluding ortho intramolecular Hbond substituents is 1. The van der Waals surface area contributed by atoms with Gasteiger partial charge in [0, 0.05) is 0 Å². The van der Waals surface area contributed by atoms with Gasteiger partial charge in [-0.05, 0) is 30.4 Å². The van der Waals surface area contributed by atoms with Crippen molar-refractivity contribution in [2.45, 2.75) is 46.0 Å². The maximum atomic E-state index is 9.89. The second kappa shape index (κ2) is 5.69. The van der Waals surface area contributed by atoms with E-state index < -0.39 is 0 Å². The molecule has 1 heteroatoms. The topological polar surface area (TPSA) is 20.2 Å². The summed E-state index contributed by atoms with van der Waals surface area (Å²) in [6, 6.07) is 6.07. The van der Waals surface area contributed by atoms with E-state index in [1.165, 1.54) is 19.3 Å². The van der Waals surface area contributed by atoms with Crippen LogP contribution in [-0.4, -0.2) is 5.11 Å². The van der Waals surface area contributed by atoms with Gasteiger partial charge >= 0.3 is 0 Å². The molecule has 0 unspecified atom stereocenters. The number of phenols is 1. The van der Waals surface area contributed by atoms with Crippen molar-refractivity contribution in [2.24, 2.45) is 0 Å². The third-order valence-electron chi connectivity index (χ3n) is 2.63. The molecule has 0 fully saturated rings. The van der Waals surface area contributed by atoms with Crippen LogP contribution in [0.2, 0.25) is 0 Å². The summed E-state index contributed by atoms with van der Waals surface area (Å²) in [5, 5.41) is 9.89. The maximum Gasteiger partial charge on any atom is 0.121 e. The Morgan fingerprint density at radius 2 is 1.79 bits per heavy atom. The van der Waals surface area contributed by atoms with Crippen molar-refractivity contribution in [3.63, 3.8) is 0 Å². The van der Waals surface area contributed by atoms with Crippen LogP contribution < -0.4 is 0 Å². The first kappa shape index (κ1) is 11.1. The monoisotopic (exact) mass is 192 g/mol. The third kappa shape index (κ3) is 2.76. The molecular weight excluding hydrogens is 172 g/mol. The predicted molar refractivity (Wildman–Crippen MR) is 60.7 cm³/mol. The zero-order chi connectivity index (χ0) is 10.4. The molecule has 0 spiro atoms. The summed E-state index contributed by atoms with van der Waals surface area (Å²) >= 11 is 0. The minimum absolute atomic E-state index is 0.520. The zero-order valence-electron chi connectivity index (χ0n) is 9.21. The molecule has 0 saturated heterocycles. The summed E-state index contributed by atoms with van der Waals surface area (Å²) in [6.07, 6.45) is 5.57. The van der Waals surface area contributed by atoms with E-state index in [-0.39, 0.29) is 0 Å². The molecule has 0 atom stereocenters. The zero-order valence-corrected chi connectivity index (χ0v) is 9.21. The van der Waals surface area contributed by atoms with Crippen molar-refractivity contribution in [3.8, 4) is 5.75 Å². The quantitative estimate of drug-likeness (QED) is 0.705. The van der Waals surface area contributed by atoms with Crippen molar-refractivity contribution in [3.05, 3.63) is 29.3 Å². The molecule has 0 aliphatic rings. The standard InChI is InChI=1S/C13H20O/c1-3-5-6-8-12-10-7-9-11(4-2)13(12)14/h7,9-10,14H,3-6,8H2,1-2H3. The Bertz CT molecular complexity index is 279. The van der Waals surface area contributed by atoms with E-state index in [2.05, 4.69) is 13.8 Å². The number of hydrogen-bond donors (Lipinski definition) is 1. The molecule has 0 aliphatic heterocycles. The molecular formula is C13H20O. The molecule has 1 aromatic rings. The van der Waals surface area contributed by atoms with E-state index >= 15 is 0 Å². The van der Waals surface area contributed by atoms with E-state index in [0.29, 0.717) is 5.75 Å². The molecule has 0 amide bonds. The lowest BCUT2D eigenvalue weighted by atomic mass is 10.0. The highest BCUT2D eigenvalue weighted by Gasteiger charge is 2.04. The normalized spacial score (nSPS) is 10.4. The smallest absolute Gasteiger partial charge is 0.121 e. The number of rotatable bonds is 5. The number of benzene rings is 1. The van der Waals surface area contributed by atoms with Crippen molar-refractivity contribution in [1.29, 1.82) is 0 Å². The Morgan fingerprint density at radius 3 is 2.43 bits per heavy atom. The average Bonchev–Trinajstić information content (AvgIpc) is 2.21. The third-order valence-corrected chi connectivity index (χ3v) is 2.63. The predicted octanol–water partition coefficient (Wildman–Crippen LogP) is 3.69. The molecule has 1 rings (SSSR count). The molecule has 0 saturated carbocycles. The Hall–Kier alpha value is -0.980. The van der Waals surface area contributed by atoms with Crippen LogP contribution in [-0.2, 0) is 12.8 Å². The number of aromatic hydroxyl groups is 1. The van der Waals surface area contributed by atoms with Crippen molar-refractivity contribution >= 4 is 0 Å². The molecule has 0 bridgehead atoms. The summed E-state index contributed by atoms with van der Waals surface area (Å²) in [5.74, 6) is 0.520. The van der Waals surface area contributed by atoms with Crippen LogP contribution in [0.15, 0.2) is 18.2 Å². The second-order valence-corrected chi connectivity index (χ2v) is 3.74. The number of hydrogen-bond acceptors (Lipinski definition) is 1. The van der Waals surface area contributed by atoms with Crippen LogP contribution in [0.1, 0.15) is 44.2 Å². The Morgan fingerprint density at radius 1 is 1.07 bits per heavy atom. The highest BCUT2D eigenvalue weighted by Crippen LogP contribution is 2.24. The van der Waals surface area contributed by atoms with Gasteiger partial charge in [-0.15, -0.1) is 0 Å². The van der Waals surface area contributed by atoms with Gasteiger partial charge in [-0.1, -0.05) is 44.9 Å². The molecule has 14 heavy (non-hydrogen) atoms. The van der Waals surface area contributed by atoms with Crippen molar-refractivity contribution < 1.29 is 5.11 Å². The minimum Gasteiger partial charge on any atom is -0.507 e. The van der Waals surface area contributed by atoms with Gasteiger partial charge in [-0.25, -0.2) is 0 Å². The molecule has 1 nitrogen and oxygen atoms in total. The molecule has 0 heterocycles. The van der Waals surface area contributed by atoms with E-state index in [1.54, 1.807) is 0 Å². The fraction of sp³-hybridized carbons (Fsp3) is 0.538. The second-order valence-electron chi connectivity index (χ2n) is 3.74. The van der Waals surface area contributed by atoms with E-state index in [1.807, 2.05) is 18.2 Å². The lowest BCUT2D eigenvalue weighted by Gasteiger charge is -2.07. The van der Waals surface area contributed by atoms with Crippen molar-refractivity contribution in [2.75, 3.05) is 0 Å². The van der Waals surface area contributed by atoms with Gasteiger partial charge < -0.3 is 5.11 Å². The molecule has 1 N–H and O–H groups in total. The van der Waals surface area contributed by atoms with Gasteiger partial charge in [-0.2, -0.15) is 0 Å². The molecule has 1 aromatic carbocycles. The Balaban J connectivity index is 2.66. The first-order valence-corrected chi connectivity index (χ1v) is 5.59. The Kier molecular flexibility index (Phi) is 4.51. The summed E-state index contributed by atoms with van der Waals surface area (Å²) < 4.78 is 0. The first-order chi connectivity index (χ1) is 6.79. The van der Waals surface area contributed by atoms with Crippen LogP contribution in [0, 0.1) is 0 Å². The SMILES string of the molecule is CCCCCc1cccc(CC)c1O. The lowest BCUT2D eigenvalue weighted by Crippen LogP contribution is -1.90.